The molecule has 558 valence electrons. The number of halogens is 1. The summed E-state index contributed by atoms with van der Waals surface area (Å²) in [5, 5.41) is 27.8. The second kappa shape index (κ2) is 46.9. The number of benzene rings is 1. The molecule has 3 aliphatic heterocycles. The van der Waals surface area contributed by atoms with Crippen LogP contribution in [0.15, 0.2) is 60.2 Å². The Kier molecular flexibility index (Phi) is 40.3. The smallest absolute Gasteiger partial charge is 0.409 e. The number of primary amides is 1. The van der Waals surface area contributed by atoms with Crippen molar-refractivity contribution in [1.82, 2.24) is 36.4 Å². The molecular weight excluding hydrogens is 1410 g/mol. The van der Waals surface area contributed by atoms with Crippen molar-refractivity contribution in [2.45, 2.75) is 160 Å². The number of alkyl halides is 1. The van der Waals surface area contributed by atoms with Crippen LogP contribution in [0.5, 0.6) is 0 Å². The molecule has 1 aromatic rings. The van der Waals surface area contributed by atoms with Crippen molar-refractivity contribution >= 4 is 81.8 Å². The van der Waals surface area contributed by atoms with Gasteiger partial charge in [0.2, 0.25) is 35.4 Å². The molecule has 30 nitrogen and oxygen atoms in total. The van der Waals surface area contributed by atoms with E-state index in [4.69, 9.17) is 57.8 Å². The zero-order valence-electron chi connectivity index (χ0n) is 58.9. The van der Waals surface area contributed by atoms with Gasteiger partial charge in [0, 0.05) is 71.8 Å². The Hall–Kier alpha value is -6.40. The van der Waals surface area contributed by atoms with Crippen LogP contribution in [-0.4, -0.2) is 259 Å². The fourth-order valence-corrected chi connectivity index (χ4v) is 10.7. The van der Waals surface area contributed by atoms with E-state index in [1.54, 1.807) is 65.2 Å². The van der Waals surface area contributed by atoms with Gasteiger partial charge in [0.05, 0.1) is 121 Å². The first-order valence-electron chi connectivity index (χ1n) is 33.9. The summed E-state index contributed by atoms with van der Waals surface area (Å²) in [4.78, 5) is 116. The summed E-state index contributed by atoms with van der Waals surface area (Å²) in [6.07, 6.45) is 6.98. The Bertz CT molecular complexity index is 2760. The van der Waals surface area contributed by atoms with Crippen LogP contribution in [0.2, 0.25) is 0 Å². The van der Waals surface area contributed by atoms with Crippen molar-refractivity contribution < 1.29 is 100 Å². The zero-order valence-corrected chi connectivity index (χ0v) is 61.1. The highest BCUT2D eigenvalue weighted by molar-refractivity contribution is 14.1. The molecule has 0 saturated carbocycles. The Morgan fingerprint density at radius 2 is 1.37 bits per heavy atom. The standard InChI is InChI=1S/C68H108IN9O21/c1-45(2)62(76-59(81)22-27-89-29-31-91-33-35-93-37-38-94-36-34-92-32-30-90-28-24-71-60(82)42-69)65(86)75-54(11-10-23-72-66(70)87)64(85)73-52-17-15-51(16-18-52)43-95-67(88)78(9)26-25-77(8)61(83)40-53-41-68(44-96-68)63(84)57(99-53)20-13-46(3)12-19-56-47(4)39-55(49(6)98-56)74-58(80)21-14-48(5)97-50(7)79/h12-18,20-21,45,47-49,53-57,62-63,84H,10-11,19,22-44H2,1-9H3,(H,71,82)(H,73,85)(H,74,80)(H,75,86)(H,76,81)(H3,70,72,87)/b20-13+,21-14-,46-12+/t47-,48-,49+,53+,54-,55+,56-,57+,62-,63+,68+/m0/s1. The van der Waals surface area contributed by atoms with Gasteiger partial charge in [0.1, 0.15) is 42.6 Å². The van der Waals surface area contributed by atoms with E-state index in [9.17, 15) is 48.3 Å². The van der Waals surface area contributed by atoms with Crippen molar-refractivity contribution in [3.05, 3.63) is 65.8 Å². The summed E-state index contributed by atoms with van der Waals surface area (Å²) >= 11 is 2.00. The van der Waals surface area contributed by atoms with Crippen LogP contribution in [0.4, 0.5) is 15.3 Å². The first kappa shape index (κ1) is 85.0. The fourth-order valence-electron chi connectivity index (χ4n) is 10.4. The van der Waals surface area contributed by atoms with Crippen molar-refractivity contribution in [3.63, 3.8) is 0 Å². The average Bonchev–Trinajstić information content (AvgIpc) is 1.60. The number of esters is 1. The first-order valence-corrected chi connectivity index (χ1v) is 35.4. The number of aliphatic hydroxyl groups excluding tert-OH is 1. The molecule has 4 rings (SSSR count). The van der Waals surface area contributed by atoms with Gasteiger partial charge in [-0.25, -0.2) is 9.59 Å². The van der Waals surface area contributed by atoms with Crippen molar-refractivity contribution in [3.8, 4) is 0 Å². The molecule has 3 saturated heterocycles. The number of hydrogen-bond donors (Lipinski definition) is 8. The number of aliphatic hydroxyl groups is 1. The predicted octanol–water partition coefficient (Wildman–Crippen LogP) is 3.14. The molecular formula is C68H108IN9O21. The minimum Gasteiger partial charge on any atom is -0.459 e. The topological polar surface area (TPSA) is 383 Å². The van der Waals surface area contributed by atoms with Crippen LogP contribution < -0.4 is 37.6 Å². The van der Waals surface area contributed by atoms with E-state index in [1.165, 1.54) is 28.9 Å². The van der Waals surface area contributed by atoms with E-state index in [-0.39, 0.29) is 120 Å². The van der Waals surface area contributed by atoms with E-state index in [0.717, 1.165) is 5.57 Å². The van der Waals surface area contributed by atoms with Crippen molar-refractivity contribution in [1.29, 1.82) is 0 Å². The first-order chi connectivity index (χ1) is 47.3. The third kappa shape index (κ3) is 34.7. The molecule has 11 atom stereocenters. The van der Waals surface area contributed by atoms with Crippen LogP contribution in [0, 0.1) is 11.8 Å². The number of epoxide rings is 1. The SMILES string of the molecule is CC(=O)O[C@@H](C)/C=C\C(=O)N[C@@H]1C[C@H](C)[C@H](C/C=C(C)/C=C/[C@H]2O[C@H](CC(=O)N(C)CCN(C)C(=O)OCc3ccc(NC(=O)[C@H](CCCNC(N)=O)NC(=O)[C@@H](NC(=O)CCOCCOCCOCCOCCOCCOCCNC(=O)CI)C(C)C)cc3)C[C@@]3(CO3)[C@@H]2O)O[C@@H]1C. The van der Waals surface area contributed by atoms with Crippen LogP contribution >= 0.6 is 22.6 Å². The Morgan fingerprint density at radius 1 is 0.768 bits per heavy atom. The minimum absolute atomic E-state index is 0.0248. The third-order valence-corrected chi connectivity index (χ3v) is 17.0. The maximum atomic E-state index is 13.7. The van der Waals surface area contributed by atoms with E-state index in [2.05, 4.69) is 44.9 Å². The van der Waals surface area contributed by atoms with Crippen molar-refractivity contribution in [2.24, 2.45) is 17.6 Å². The molecule has 1 aromatic carbocycles. The summed E-state index contributed by atoms with van der Waals surface area (Å²) in [5.74, 6) is -2.76. The summed E-state index contributed by atoms with van der Waals surface area (Å²) in [7, 11) is 3.19. The molecule has 9 N–H and O–H groups in total. The van der Waals surface area contributed by atoms with Gasteiger partial charge in [0.15, 0.2) is 0 Å². The number of urea groups is 1. The number of amides is 9. The number of likely N-dealkylation sites (N-methyl/N-ethyl adjacent to an activating group) is 2. The molecule has 31 heteroatoms. The van der Waals surface area contributed by atoms with Gasteiger partial charge in [-0.05, 0) is 82.1 Å². The minimum atomic E-state index is -1.08. The second-order valence-corrected chi connectivity index (χ2v) is 25.8. The summed E-state index contributed by atoms with van der Waals surface area (Å²) in [6, 6.07) is 3.53. The van der Waals surface area contributed by atoms with E-state index in [0.29, 0.717) is 108 Å². The van der Waals surface area contributed by atoms with Gasteiger partial charge in [-0.3, -0.25) is 33.6 Å². The quantitative estimate of drug-likeness (QED) is 0.00883. The second-order valence-electron chi connectivity index (χ2n) is 25.0. The molecule has 0 bridgehead atoms. The summed E-state index contributed by atoms with van der Waals surface area (Å²) in [6.45, 7) is 17.8. The molecule has 0 aliphatic carbocycles. The number of allylic oxidation sites excluding steroid dienone is 2. The number of anilines is 1. The van der Waals surface area contributed by atoms with Gasteiger partial charge >= 0.3 is 18.1 Å². The Morgan fingerprint density at radius 3 is 1.96 bits per heavy atom. The highest BCUT2D eigenvalue weighted by Gasteiger charge is 2.58. The number of ether oxygens (including phenoxy) is 11. The van der Waals surface area contributed by atoms with Gasteiger partial charge in [0.25, 0.3) is 0 Å². The highest BCUT2D eigenvalue weighted by Crippen LogP contribution is 2.43. The molecule has 1 spiro atoms. The van der Waals surface area contributed by atoms with Gasteiger partial charge in [-0.2, -0.15) is 0 Å². The van der Waals surface area contributed by atoms with E-state index >= 15 is 0 Å². The van der Waals surface area contributed by atoms with Crippen LogP contribution in [0.3, 0.4) is 0 Å². The average molecular weight is 1510 g/mol. The van der Waals surface area contributed by atoms with Gasteiger partial charge in [-0.1, -0.05) is 79.3 Å². The highest BCUT2D eigenvalue weighted by atomic mass is 127. The molecule has 0 radical (unpaired) electrons. The predicted molar refractivity (Wildman–Crippen MR) is 373 cm³/mol. The number of carbonyl (C=O) groups is 9. The summed E-state index contributed by atoms with van der Waals surface area (Å²) in [5.41, 5.74) is 6.34. The monoisotopic (exact) mass is 1510 g/mol. The molecule has 3 heterocycles. The molecule has 0 aromatic heterocycles. The van der Waals surface area contributed by atoms with Crippen molar-refractivity contribution in [2.75, 3.05) is 136 Å². The third-order valence-electron chi connectivity index (χ3n) is 16.3. The lowest BCUT2D eigenvalue weighted by Crippen LogP contribution is -2.54. The number of hydrogen-bond acceptors (Lipinski definition) is 21. The zero-order chi connectivity index (χ0) is 72.7. The maximum Gasteiger partial charge on any atom is 0.409 e. The maximum absolute atomic E-state index is 13.7. The van der Waals surface area contributed by atoms with Crippen LogP contribution in [0.25, 0.3) is 0 Å². The molecule has 3 aliphatic rings. The lowest BCUT2D eigenvalue weighted by atomic mass is 9.87. The number of rotatable bonds is 47. The van der Waals surface area contributed by atoms with Gasteiger partial charge < -0.3 is 105 Å². The largest absolute Gasteiger partial charge is 0.459 e. The molecule has 3 fully saturated rings. The molecule has 0 unspecified atom stereocenters. The van der Waals surface area contributed by atoms with Gasteiger partial charge in [-0.15, -0.1) is 0 Å². The number of nitrogens with one attached hydrogen (secondary N) is 6. The van der Waals surface area contributed by atoms with Crippen LogP contribution in [-0.2, 0) is 92.3 Å². The number of nitrogens with zero attached hydrogens (tertiary/aromatic N) is 2. The Balaban J connectivity index is 1.13. The number of nitrogens with two attached hydrogens (primary N) is 1. The molecule has 9 amide bonds. The number of carbonyl (C=O) groups excluding carboxylic acids is 9. The lowest BCUT2D eigenvalue weighted by molar-refractivity contribution is -0.150. The van der Waals surface area contributed by atoms with Crippen LogP contribution in [0.1, 0.15) is 99.0 Å². The molecule has 99 heavy (non-hydrogen) atoms. The van der Waals surface area contributed by atoms with E-state index in [1.807, 2.05) is 42.5 Å². The van der Waals surface area contributed by atoms with E-state index < -0.39 is 77.9 Å². The normalized spacial score (nSPS) is 21.5. The lowest BCUT2D eigenvalue weighted by Gasteiger charge is -2.39. The Labute approximate surface area is 595 Å². The summed E-state index contributed by atoms with van der Waals surface area (Å²) < 4.78 is 62.3. The fraction of sp³-hybridized carbons (Fsp3) is 0.691.